The molecule has 2 heterocycles. The van der Waals surface area contributed by atoms with Crippen LogP contribution in [-0.4, -0.2) is 53.9 Å². The largest absolute Gasteiger partial charge is 0.496 e. The number of carboxylic acids is 1. The van der Waals surface area contributed by atoms with Crippen LogP contribution in [0, 0.1) is 30.6 Å². The lowest BCUT2D eigenvalue weighted by molar-refractivity contribution is -0.0201. The second-order valence-corrected chi connectivity index (χ2v) is 13.4. The molecule has 6 nitrogen and oxygen atoms in total. The number of aromatic nitrogens is 1. The average molecular weight is 587 g/mol. The Hall–Kier alpha value is -2.83. The van der Waals surface area contributed by atoms with Gasteiger partial charge >= 0.3 is 5.97 Å². The zero-order chi connectivity index (χ0) is 29.9. The standard InChI is InChI=1S/C19H24O2.C18H26N2O2/c20-19(21)14-6-2-5-13(11-14)16-8-10-18(16)17-9-7-15(17)12-3-1-4-12;1-4-22-14-6-9-20(10-7-14)12-16-15-5-8-19-18(15)13(2)11-17(16)21-3/h2,5-6,11-12,15-18H,1,3-4,7-10H2,(H,20,21);5,8,11,14,19H,4,6-7,9-10,12H2,1-3H3. The summed E-state index contributed by atoms with van der Waals surface area (Å²) in [6.45, 7) is 8.14. The third kappa shape index (κ3) is 6.37. The number of nitrogens with zero attached hydrogens (tertiary/aromatic N) is 1. The Morgan fingerprint density at radius 3 is 2.35 bits per heavy atom. The van der Waals surface area contributed by atoms with Crippen molar-refractivity contribution in [1.82, 2.24) is 9.88 Å². The van der Waals surface area contributed by atoms with Gasteiger partial charge in [-0.1, -0.05) is 31.4 Å². The number of carbonyl (C=O) groups is 1. The Kier molecular flexibility index (Phi) is 9.44. The lowest BCUT2D eigenvalue weighted by Crippen LogP contribution is -2.44. The van der Waals surface area contributed by atoms with Gasteiger partial charge in [-0.2, -0.15) is 0 Å². The van der Waals surface area contributed by atoms with Crippen LogP contribution in [0.4, 0.5) is 0 Å². The lowest BCUT2D eigenvalue weighted by atomic mass is 9.51. The molecule has 232 valence electrons. The predicted octanol–water partition coefficient (Wildman–Crippen LogP) is 8.19. The van der Waals surface area contributed by atoms with Crippen molar-refractivity contribution >= 4 is 16.9 Å². The molecule has 0 radical (unpaired) electrons. The van der Waals surface area contributed by atoms with Crippen molar-refractivity contribution in [2.45, 2.75) is 90.2 Å². The molecule has 43 heavy (non-hydrogen) atoms. The number of rotatable bonds is 9. The number of fused-ring (bicyclic) bond motifs is 1. The highest BCUT2D eigenvalue weighted by Gasteiger charge is 2.48. The van der Waals surface area contributed by atoms with Crippen molar-refractivity contribution in [2.24, 2.45) is 23.7 Å². The van der Waals surface area contributed by atoms with Gasteiger partial charge in [-0.3, -0.25) is 4.90 Å². The Balaban J connectivity index is 0.000000153. The molecule has 4 unspecified atom stereocenters. The van der Waals surface area contributed by atoms with Crippen molar-refractivity contribution < 1.29 is 19.4 Å². The Morgan fingerprint density at radius 1 is 0.977 bits per heavy atom. The number of hydrogen-bond donors (Lipinski definition) is 2. The van der Waals surface area contributed by atoms with Gasteiger partial charge in [0.05, 0.1) is 18.8 Å². The Morgan fingerprint density at radius 2 is 1.74 bits per heavy atom. The molecule has 0 bridgehead atoms. The summed E-state index contributed by atoms with van der Waals surface area (Å²) in [4.78, 5) is 17.0. The SMILES string of the molecule is CCOC1CCN(Cc2c(OC)cc(C)c3[nH]ccc23)CC1.O=C(O)c1cccc(C2CCC2C2CCC2C2CCC2)c1. The molecule has 1 aliphatic heterocycles. The van der Waals surface area contributed by atoms with E-state index >= 15 is 0 Å². The summed E-state index contributed by atoms with van der Waals surface area (Å²) < 4.78 is 11.4. The zero-order valence-electron chi connectivity index (χ0n) is 26.3. The van der Waals surface area contributed by atoms with E-state index in [1.54, 1.807) is 13.2 Å². The summed E-state index contributed by atoms with van der Waals surface area (Å²) in [6.07, 6.45) is 14.6. The molecule has 6 heteroatoms. The number of nitrogens with one attached hydrogen (secondary N) is 1. The molecule has 0 spiro atoms. The molecule has 1 aromatic heterocycles. The van der Waals surface area contributed by atoms with Gasteiger partial charge in [0.2, 0.25) is 0 Å². The van der Waals surface area contributed by atoms with Gasteiger partial charge < -0.3 is 19.6 Å². The second kappa shape index (κ2) is 13.4. The number of methoxy groups -OCH3 is 1. The van der Waals surface area contributed by atoms with Crippen LogP contribution in [0.1, 0.15) is 97.7 Å². The van der Waals surface area contributed by atoms with Crippen LogP contribution < -0.4 is 4.74 Å². The third-order valence-corrected chi connectivity index (χ3v) is 11.2. The molecule has 4 fully saturated rings. The van der Waals surface area contributed by atoms with Crippen LogP contribution in [0.15, 0.2) is 42.6 Å². The number of carboxylic acid groups (broad SMARTS) is 1. The first-order valence-electron chi connectivity index (χ1n) is 16.8. The first kappa shape index (κ1) is 30.2. The van der Waals surface area contributed by atoms with Crippen LogP contribution in [0.5, 0.6) is 5.75 Å². The Labute approximate surface area is 257 Å². The van der Waals surface area contributed by atoms with Gasteiger partial charge in [0, 0.05) is 48.9 Å². The maximum Gasteiger partial charge on any atom is 0.335 e. The number of ether oxygens (including phenoxy) is 2. The number of aromatic carboxylic acids is 1. The molecule has 4 atom stereocenters. The summed E-state index contributed by atoms with van der Waals surface area (Å²) in [5, 5.41) is 10.4. The summed E-state index contributed by atoms with van der Waals surface area (Å²) in [5.41, 5.74) is 5.46. The first-order valence-corrected chi connectivity index (χ1v) is 16.8. The van der Waals surface area contributed by atoms with Crippen molar-refractivity contribution in [3.8, 4) is 5.75 Å². The molecule has 3 aliphatic carbocycles. The molecule has 3 aromatic rings. The molecular formula is C37H50N2O4. The van der Waals surface area contributed by atoms with Gasteiger partial charge in [0.25, 0.3) is 0 Å². The molecule has 7 rings (SSSR count). The van der Waals surface area contributed by atoms with Crippen molar-refractivity contribution in [2.75, 3.05) is 26.8 Å². The molecule has 2 aromatic carbocycles. The molecule has 3 saturated carbocycles. The highest BCUT2D eigenvalue weighted by molar-refractivity contribution is 5.88. The van der Waals surface area contributed by atoms with E-state index < -0.39 is 5.97 Å². The predicted molar refractivity (Wildman–Crippen MR) is 172 cm³/mol. The van der Waals surface area contributed by atoms with Gasteiger partial charge in [0.15, 0.2) is 0 Å². The minimum Gasteiger partial charge on any atom is -0.496 e. The lowest BCUT2D eigenvalue weighted by Gasteiger charge is -2.54. The van der Waals surface area contributed by atoms with E-state index in [2.05, 4.69) is 41.9 Å². The maximum atomic E-state index is 11.2. The van der Waals surface area contributed by atoms with Gasteiger partial charge in [0.1, 0.15) is 5.75 Å². The number of benzene rings is 2. The Bertz CT molecular complexity index is 1390. The van der Waals surface area contributed by atoms with Crippen LogP contribution >= 0.6 is 0 Å². The van der Waals surface area contributed by atoms with E-state index in [4.69, 9.17) is 14.6 Å². The smallest absolute Gasteiger partial charge is 0.335 e. The summed E-state index contributed by atoms with van der Waals surface area (Å²) >= 11 is 0. The molecule has 0 amide bonds. The fourth-order valence-electron chi connectivity index (χ4n) is 8.37. The van der Waals surface area contributed by atoms with Gasteiger partial charge in [-0.05, 0) is 117 Å². The van der Waals surface area contributed by atoms with Crippen LogP contribution in [0.25, 0.3) is 10.9 Å². The van der Waals surface area contributed by atoms with E-state index in [0.29, 0.717) is 17.6 Å². The van der Waals surface area contributed by atoms with E-state index in [1.165, 1.54) is 72.5 Å². The maximum absolute atomic E-state index is 11.2. The number of aromatic amines is 1. The van der Waals surface area contributed by atoms with E-state index in [-0.39, 0.29) is 0 Å². The fourth-order valence-corrected chi connectivity index (χ4v) is 8.37. The highest BCUT2D eigenvalue weighted by Crippen LogP contribution is 2.58. The number of likely N-dealkylation sites (tertiary alicyclic amines) is 1. The van der Waals surface area contributed by atoms with E-state index in [0.717, 1.165) is 68.5 Å². The summed E-state index contributed by atoms with van der Waals surface area (Å²) in [5.74, 6) is 4.60. The molecular weight excluding hydrogens is 536 g/mol. The molecule has 2 N–H and O–H groups in total. The normalized spacial score (nSPS) is 26.1. The van der Waals surface area contributed by atoms with Gasteiger partial charge in [-0.25, -0.2) is 4.79 Å². The number of piperidine rings is 1. The second-order valence-electron chi connectivity index (χ2n) is 13.4. The van der Waals surface area contributed by atoms with Crippen LogP contribution in [0.2, 0.25) is 0 Å². The zero-order valence-corrected chi connectivity index (χ0v) is 26.3. The number of H-pyrrole nitrogens is 1. The molecule has 4 aliphatic rings. The van der Waals surface area contributed by atoms with Crippen molar-refractivity contribution in [1.29, 1.82) is 0 Å². The third-order valence-electron chi connectivity index (χ3n) is 11.2. The van der Waals surface area contributed by atoms with Crippen LogP contribution in [0.3, 0.4) is 0 Å². The van der Waals surface area contributed by atoms with Crippen LogP contribution in [-0.2, 0) is 11.3 Å². The van der Waals surface area contributed by atoms with E-state index in [1.807, 2.05) is 18.3 Å². The fraction of sp³-hybridized carbons (Fsp3) is 0.595. The highest BCUT2D eigenvalue weighted by atomic mass is 16.5. The number of aryl methyl sites for hydroxylation is 1. The minimum absolute atomic E-state index is 0.438. The summed E-state index contributed by atoms with van der Waals surface area (Å²) in [6, 6.07) is 12.0. The number of hydrogen-bond acceptors (Lipinski definition) is 4. The first-order chi connectivity index (χ1) is 21.0. The monoisotopic (exact) mass is 586 g/mol. The van der Waals surface area contributed by atoms with Gasteiger partial charge in [-0.15, -0.1) is 0 Å². The van der Waals surface area contributed by atoms with Crippen molar-refractivity contribution in [3.05, 3.63) is 64.8 Å². The minimum atomic E-state index is -0.802. The summed E-state index contributed by atoms with van der Waals surface area (Å²) in [7, 11) is 1.76. The topological polar surface area (TPSA) is 74.8 Å². The quantitative estimate of drug-likeness (QED) is 0.264. The van der Waals surface area contributed by atoms with Crippen molar-refractivity contribution in [3.63, 3.8) is 0 Å². The van der Waals surface area contributed by atoms with E-state index in [9.17, 15) is 4.79 Å². The molecule has 1 saturated heterocycles. The average Bonchev–Trinajstić information content (AvgIpc) is 3.46.